The molecule has 0 fully saturated rings. The molecular formula is C25H40O5Si. The van der Waals surface area contributed by atoms with Gasteiger partial charge in [-0.3, -0.25) is 4.79 Å². The van der Waals surface area contributed by atoms with Gasteiger partial charge in [-0.1, -0.05) is 39.5 Å². The van der Waals surface area contributed by atoms with Gasteiger partial charge in [-0.2, -0.15) is 0 Å². The first-order valence-corrected chi connectivity index (χ1v) is 13.6. The molecule has 5 nitrogen and oxygen atoms in total. The highest BCUT2D eigenvalue weighted by Gasteiger charge is 2.48. The Morgan fingerprint density at radius 1 is 1.13 bits per heavy atom. The van der Waals surface area contributed by atoms with Crippen molar-refractivity contribution in [1.29, 1.82) is 0 Å². The Morgan fingerprint density at radius 2 is 1.71 bits per heavy atom. The maximum atomic E-state index is 11.9. The van der Waals surface area contributed by atoms with Crippen molar-refractivity contribution in [2.45, 2.75) is 83.9 Å². The third-order valence-electron chi connectivity index (χ3n) is 6.35. The van der Waals surface area contributed by atoms with Crippen LogP contribution < -0.4 is 4.74 Å². The lowest BCUT2D eigenvalue weighted by atomic mass is 9.82. The van der Waals surface area contributed by atoms with Gasteiger partial charge in [0.2, 0.25) is 0 Å². The van der Waals surface area contributed by atoms with E-state index in [9.17, 15) is 4.79 Å². The minimum absolute atomic E-state index is 0.105. The zero-order valence-electron chi connectivity index (χ0n) is 20.8. The van der Waals surface area contributed by atoms with Crippen LogP contribution in [-0.4, -0.2) is 39.2 Å². The van der Waals surface area contributed by atoms with Crippen LogP contribution in [0.15, 0.2) is 42.7 Å². The Labute approximate surface area is 189 Å². The highest BCUT2D eigenvalue weighted by atomic mass is 28.4. The molecule has 0 spiro atoms. The van der Waals surface area contributed by atoms with Gasteiger partial charge < -0.3 is 18.6 Å². The number of benzene rings is 1. The van der Waals surface area contributed by atoms with Crippen LogP contribution in [0, 0.1) is 0 Å². The lowest BCUT2D eigenvalue weighted by molar-refractivity contribution is -0.192. The average molecular weight is 449 g/mol. The molecule has 0 saturated carbocycles. The van der Waals surface area contributed by atoms with E-state index in [4.69, 9.17) is 18.6 Å². The summed E-state index contributed by atoms with van der Waals surface area (Å²) >= 11 is 0. The Morgan fingerprint density at radius 3 is 2.16 bits per heavy atom. The monoisotopic (exact) mass is 448 g/mol. The van der Waals surface area contributed by atoms with Crippen LogP contribution in [0.25, 0.3) is 0 Å². The van der Waals surface area contributed by atoms with Crippen LogP contribution in [0.3, 0.4) is 0 Å². The van der Waals surface area contributed by atoms with Crippen molar-refractivity contribution in [3.05, 3.63) is 48.2 Å². The fourth-order valence-electron chi connectivity index (χ4n) is 2.93. The van der Waals surface area contributed by atoms with Crippen molar-refractivity contribution < 1.29 is 23.4 Å². The zero-order valence-corrected chi connectivity index (χ0v) is 21.8. The minimum atomic E-state index is -1.93. The Hall–Kier alpha value is -1.85. The summed E-state index contributed by atoms with van der Waals surface area (Å²) in [6.07, 6.45) is 2.20. The van der Waals surface area contributed by atoms with Crippen LogP contribution in [0.1, 0.15) is 53.5 Å². The lowest BCUT2D eigenvalue weighted by Gasteiger charge is -2.44. The summed E-state index contributed by atoms with van der Waals surface area (Å²) in [6, 6.07) is 7.70. The van der Waals surface area contributed by atoms with E-state index < -0.39 is 25.5 Å². The van der Waals surface area contributed by atoms with Gasteiger partial charge in [-0.15, -0.1) is 5.73 Å². The molecule has 0 aromatic heterocycles. The van der Waals surface area contributed by atoms with E-state index in [1.807, 2.05) is 38.1 Å². The third kappa shape index (κ3) is 7.36. The van der Waals surface area contributed by atoms with E-state index in [1.54, 1.807) is 13.2 Å². The van der Waals surface area contributed by atoms with Gasteiger partial charge in [-0.05, 0) is 49.7 Å². The minimum Gasteiger partial charge on any atom is -0.497 e. The largest absolute Gasteiger partial charge is 0.497 e. The van der Waals surface area contributed by atoms with Crippen LogP contribution in [0.4, 0.5) is 0 Å². The molecule has 0 heterocycles. The summed E-state index contributed by atoms with van der Waals surface area (Å²) in [5.74, 6) is 0.396. The smallest absolute Gasteiger partial charge is 0.303 e. The molecular weight excluding hydrogens is 408 g/mol. The quantitative estimate of drug-likeness (QED) is 0.234. The molecule has 0 radical (unpaired) electrons. The van der Waals surface area contributed by atoms with Crippen molar-refractivity contribution >= 4 is 14.3 Å². The molecule has 0 saturated heterocycles. The average Bonchev–Trinajstić information content (AvgIpc) is 2.65. The Bertz CT molecular complexity index is 774. The van der Waals surface area contributed by atoms with E-state index in [0.717, 1.165) is 11.3 Å². The highest BCUT2D eigenvalue weighted by molar-refractivity contribution is 6.74. The number of ether oxygens (including phenoxy) is 3. The first-order valence-electron chi connectivity index (χ1n) is 10.7. The molecule has 0 aliphatic carbocycles. The van der Waals surface area contributed by atoms with E-state index in [2.05, 4.69) is 46.2 Å². The molecule has 0 aliphatic rings. The standard InChI is InChI=1S/C25H40O5Si/c1-11-16-25(7,30-20(2)26)24(6,17-18-29-31(9,10)23(3,4)5)28-19-21-12-14-22(27-8)15-13-21/h12-16H,1,17-19H2,2-10H3/t24-,25-/m1/s1. The molecule has 31 heavy (non-hydrogen) atoms. The molecule has 1 rings (SSSR count). The zero-order chi connectivity index (χ0) is 23.9. The Balaban J connectivity index is 3.14. The van der Waals surface area contributed by atoms with E-state index >= 15 is 0 Å². The maximum Gasteiger partial charge on any atom is 0.303 e. The molecule has 2 atom stereocenters. The van der Waals surface area contributed by atoms with Crippen molar-refractivity contribution in [2.24, 2.45) is 0 Å². The third-order valence-corrected chi connectivity index (χ3v) is 10.9. The molecule has 6 heteroatoms. The number of methoxy groups -OCH3 is 1. The number of esters is 1. The van der Waals surface area contributed by atoms with Crippen molar-refractivity contribution in [3.63, 3.8) is 0 Å². The number of carbonyl (C=O) groups is 1. The Kier molecular flexibility index (Phi) is 9.33. The first-order chi connectivity index (χ1) is 14.2. The van der Waals surface area contributed by atoms with Crippen molar-refractivity contribution in [2.75, 3.05) is 13.7 Å². The summed E-state index contributed by atoms with van der Waals surface area (Å²) in [6.45, 7) is 20.8. The number of hydrogen-bond acceptors (Lipinski definition) is 5. The van der Waals surface area contributed by atoms with Crippen molar-refractivity contribution in [1.82, 2.24) is 0 Å². The SMILES string of the molecule is C=C=C[C@@](C)(OC(C)=O)[C@@](C)(CCO[Si](C)(C)C(C)(C)C)OCc1ccc(OC)cc1. The van der Waals surface area contributed by atoms with Gasteiger partial charge >= 0.3 is 5.97 Å². The van der Waals surface area contributed by atoms with Crippen LogP contribution >= 0.6 is 0 Å². The van der Waals surface area contributed by atoms with Crippen LogP contribution in [0.5, 0.6) is 5.75 Å². The maximum absolute atomic E-state index is 11.9. The predicted molar refractivity (Wildman–Crippen MR) is 128 cm³/mol. The second kappa shape index (κ2) is 10.6. The normalized spacial score (nSPS) is 15.9. The molecule has 0 amide bonds. The van der Waals surface area contributed by atoms with E-state index in [-0.39, 0.29) is 5.04 Å². The van der Waals surface area contributed by atoms with Crippen LogP contribution in [-0.2, 0) is 25.3 Å². The van der Waals surface area contributed by atoms with Gasteiger partial charge in [0.1, 0.15) is 11.4 Å². The van der Waals surface area contributed by atoms with Gasteiger partial charge in [-0.25, -0.2) is 0 Å². The van der Waals surface area contributed by atoms with Gasteiger partial charge in [0.15, 0.2) is 13.9 Å². The topological polar surface area (TPSA) is 54.0 Å². The second-order valence-corrected chi connectivity index (χ2v) is 14.6. The lowest BCUT2D eigenvalue weighted by Crippen LogP contribution is -2.54. The summed E-state index contributed by atoms with van der Waals surface area (Å²) in [5.41, 5.74) is 1.87. The molecule has 0 aliphatic heterocycles. The molecule has 0 bridgehead atoms. The molecule has 1 aromatic carbocycles. The van der Waals surface area contributed by atoms with Gasteiger partial charge in [0.05, 0.1) is 13.7 Å². The molecule has 1 aromatic rings. The summed E-state index contributed by atoms with van der Waals surface area (Å²) in [4.78, 5) is 11.9. The molecule has 0 unspecified atom stereocenters. The summed E-state index contributed by atoms with van der Waals surface area (Å²) < 4.78 is 23.8. The fourth-order valence-corrected chi connectivity index (χ4v) is 3.97. The van der Waals surface area contributed by atoms with Crippen LogP contribution in [0.2, 0.25) is 18.1 Å². The number of hydrogen-bond donors (Lipinski definition) is 0. The fraction of sp³-hybridized carbons (Fsp3) is 0.600. The first kappa shape index (κ1) is 27.2. The highest BCUT2D eigenvalue weighted by Crippen LogP contribution is 2.39. The van der Waals surface area contributed by atoms with E-state index in [0.29, 0.717) is 19.6 Å². The van der Waals surface area contributed by atoms with Gasteiger partial charge in [0, 0.05) is 26.0 Å². The summed E-state index contributed by atoms with van der Waals surface area (Å²) in [5, 5.41) is 0.105. The molecule has 174 valence electrons. The van der Waals surface area contributed by atoms with Crippen molar-refractivity contribution in [3.8, 4) is 5.75 Å². The molecule has 0 N–H and O–H groups in total. The summed E-state index contributed by atoms with van der Waals surface area (Å²) in [7, 11) is -0.291. The predicted octanol–water partition coefficient (Wildman–Crippen LogP) is 6.05. The number of rotatable bonds is 11. The second-order valence-electron chi connectivity index (χ2n) is 9.78. The van der Waals surface area contributed by atoms with Gasteiger partial charge in [0.25, 0.3) is 0 Å². The van der Waals surface area contributed by atoms with E-state index in [1.165, 1.54) is 6.92 Å². The number of carbonyl (C=O) groups excluding carboxylic acids is 1.